The van der Waals surface area contributed by atoms with Crippen molar-refractivity contribution in [1.29, 1.82) is 0 Å². The van der Waals surface area contributed by atoms with Crippen LogP contribution in [0.25, 0.3) is 0 Å². The number of rotatable bonds is 3. The van der Waals surface area contributed by atoms with Gasteiger partial charge in [0.1, 0.15) is 5.60 Å². The third kappa shape index (κ3) is 5.33. The lowest BCUT2D eigenvalue weighted by Gasteiger charge is -2.33. The van der Waals surface area contributed by atoms with Crippen LogP contribution in [0.4, 0.5) is 4.79 Å². The first-order valence-electron chi connectivity index (χ1n) is 6.37. The molecule has 6 heteroatoms. The van der Waals surface area contributed by atoms with Crippen molar-refractivity contribution in [2.45, 2.75) is 45.6 Å². The van der Waals surface area contributed by atoms with Crippen LogP contribution < -0.4 is 0 Å². The summed E-state index contributed by atoms with van der Waals surface area (Å²) in [5, 5.41) is 10.3. The van der Waals surface area contributed by atoms with Crippen LogP contribution in [0, 0.1) is 16.0 Å². The molecule has 1 aliphatic heterocycles. The summed E-state index contributed by atoms with van der Waals surface area (Å²) >= 11 is 0. The standard InChI is InChI=1S/C12H22N2O4/c1-12(2,3)18-11(15)13-7-4-5-10(9-13)6-8-14(16)17/h10H,4-9H2,1-3H3. The molecule has 0 aromatic carbocycles. The van der Waals surface area contributed by atoms with E-state index < -0.39 is 5.60 Å². The van der Waals surface area contributed by atoms with Gasteiger partial charge in [-0.1, -0.05) is 0 Å². The van der Waals surface area contributed by atoms with Crippen molar-refractivity contribution in [3.05, 3.63) is 10.1 Å². The molecule has 0 bridgehead atoms. The molecule has 1 aliphatic rings. The molecule has 104 valence electrons. The summed E-state index contributed by atoms with van der Waals surface area (Å²) in [4.78, 5) is 23.6. The largest absolute Gasteiger partial charge is 0.444 e. The molecule has 6 nitrogen and oxygen atoms in total. The summed E-state index contributed by atoms with van der Waals surface area (Å²) < 4.78 is 5.30. The average molecular weight is 258 g/mol. The van der Waals surface area contributed by atoms with E-state index in [9.17, 15) is 14.9 Å². The number of nitro groups is 1. The lowest BCUT2D eigenvalue weighted by atomic mass is 9.95. The minimum Gasteiger partial charge on any atom is -0.444 e. The van der Waals surface area contributed by atoms with Crippen LogP contribution in [0.3, 0.4) is 0 Å². The molecular weight excluding hydrogens is 236 g/mol. The Morgan fingerprint density at radius 3 is 2.72 bits per heavy atom. The molecule has 0 aromatic rings. The minimum absolute atomic E-state index is 0.0210. The van der Waals surface area contributed by atoms with Gasteiger partial charge in [0.2, 0.25) is 6.54 Å². The molecular formula is C12H22N2O4. The Hall–Kier alpha value is -1.33. The molecule has 1 atom stereocenters. The maximum atomic E-state index is 11.9. The molecule has 0 N–H and O–H groups in total. The van der Waals surface area contributed by atoms with E-state index in [-0.39, 0.29) is 23.5 Å². The highest BCUT2D eigenvalue weighted by molar-refractivity contribution is 5.68. The summed E-state index contributed by atoms with van der Waals surface area (Å²) in [6, 6.07) is 0. The van der Waals surface area contributed by atoms with Crippen LogP contribution >= 0.6 is 0 Å². The van der Waals surface area contributed by atoms with Crippen molar-refractivity contribution in [3.8, 4) is 0 Å². The number of likely N-dealkylation sites (tertiary alicyclic amines) is 1. The van der Waals surface area contributed by atoms with E-state index in [4.69, 9.17) is 4.74 Å². The number of piperidine rings is 1. The van der Waals surface area contributed by atoms with Crippen molar-refractivity contribution in [3.63, 3.8) is 0 Å². The number of amides is 1. The van der Waals surface area contributed by atoms with Crippen LogP contribution in [0.15, 0.2) is 0 Å². The van der Waals surface area contributed by atoms with E-state index in [1.165, 1.54) is 0 Å². The highest BCUT2D eigenvalue weighted by Gasteiger charge is 2.28. The van der Waals surface area contributed by atoms with E-state index in [0.717, 1.165) is 12.8 Å². The molecule has 1 heterocycles. The molecule has 1 saturated heterocycles. The van der Waals surface area contributed by atoms with Gasteiger partial charge in [-0.15, -0.1) is 0 Å². The van der Waals surface area contributed by atoms with Gasteiger partial charge in [-0.05, 0) is 39.5 Å². The molecule has 1 amide bonds. The Morgan fingerprint density at radius 1 is 1.50 bits per heavy atom. The van der Waals surface area contributed by atoms with E-state index in [1.807, 2.05) is 20.8 Å². The van der Waals surface area contributed by atoms with Crippen LogP contribution in [0.1, 0.15) is 40.0 Å². The van der Waals surface area contributed by atoms with Gasteiger partial charge in [0.25, 0.3) is 0 Å². The van der Waals surface area contributed by atoms with E-state index in [1.54, 1.807) is 4.90 Å². The summed E-state index contributed by atoms with van der Waals surface area (Å²) in [5.41, 5.74) is -0.495. The first-order valence-corrected chi connectivity index (χ1v) is 6.37. The maximum Gasteiger partial charge on any atom is 0.410 e. The molecule has 0 aromatic heterocycles. The third-order valence-electron chi connectivity index (χ3n) is 2.89. The number of ether oxygens (including phenoxy) is 1. The number of carbonyl (C=O) groups is 1. The first kappa shape index (κ1) is 14.7. The SMILES string of the molecule is CC(C)(C)OC(=O)N1CCCC(CC[N+](=O)[O-])C1. The summed E-state index contributed by atoms with van der Waals surface area (Å²) in [5.74, 6) is 0.219. The molecule has 18 heavy (non-hydrogen) atoms. The number of hydrogen-bond donors (Lipinski definition) is 0. The fraction of sp³-hybridized carbons (Fsp3) is 0.917. The van der Waals surface area contributed by atoms with Crippen molar-refractivity contribution < 1.29 is 14.5 Å². The van der Waals surface area contributed by atoms with Crippen LogP contribution in [0.5, 0.6) is 0 Å². The predicted molar refractivity (Wildman–Crippen MR) is 67.0 cm³/mol. The van der Waals surface area contributed by atoms with Crippen molar-refractivity contribution in [2.24, 2.45) is 5.92 Å². The Labute approximate surface area is 107 Å². The zero-order valence-electron chi connectivity index (χ0n) is 11.3. The number of carbonyl (C=O) groups excluding carboxylic acids is 1. The van der Waals surface area contributed by atoms with Gasteiger partial charge in [-0.3, -0.25) is 10.1 Å². The van der Waals surface area contributed by atoms with Gasteiger partial charge in [0.05, 0.1) is 0 Å². The number of nitrogens with zero attached hydrogens (tertiary/aromatic N) is 2. The second-order valence-corrected chi connectivity index (χ2v) is 5.78. The molecule has 1 unspecified atom stereocenters. The highest BCUT2D eigenvalue weighted by Crippen LogP contribution is 2.21. The quantitative estimate of drug-likeness (QED) is 0.575. The van der Waals surface area contributed by atoms with Crippen LogP contribution in [-0.2, 0) is 4.74 Å². The molecule has 0 saturated carbocycles. The fourth-order valence-corrected chi connectivity index (χ4v) is 2.08. The smallest absolute Gasteiger partial charge is 0.410 e. The van der Waals surface area contributed by atoms with E-state index >= 15 is 0 Å². The Balaban J connectivity index is 2.43. The summed E-state index contributed by atoms with van der Waals surface area (Å²) in [7, 11) is 0. The maximum absolute atomic E-state index is 11.9. The predicted octanol–water partition coefficient (Wildman–Crippen LogP) is 2.30. The van der Waals surface area contributed by atoms with Gasteiger partial charge in [0, 0.05) is 24.4 Å². The van der Waals surface area contributed by atoms with Crippen LogP contribution in [-0.4, -0.2) is 41.2 Å². The zero-order valence-corrected chi connectivity index (χ0v) is 11.3. The fourth-order valence-electron chi connectivity index (χ4n) is 2.08. The lowest BCUT2D eigenvalue weighted by Crippen LogP contribution is -2.43. The topological polar surface area (TPSA) is 72.7 Å². The first-order chi connectivity index (χ1) is 8.28. The number of hydrogen-bond acceptors (Lipinski definition) is 4. The Kier molecular flexibility index (Phi) is 4.93. The highest BCUT2D eigenvalue weighted by atomic mass is 16.6. The van der Waals surface area contributed by atoms with Crippen LogP contribution in [0.2, 0.25) is 0 Å². The van der Waals surface area contributed by atoms with E-state index in [2.05, 4.69) is 0 Å². The second kappa shape index (κ2) is 6.02. The molecule has 0 spiro atoms. The molecule has 0 aliphatic carbocycles. The molecule has 1 rings (SSSR count). The third-order valence-corrected chi connectivity index (χ3v) is 2.89. The monoisotopic (exact) mass is 258 g/mol. The van der Waals surface area contributed by atoms with Crippen molar-refractivity contribution in [1.82, 2.24) is 4.90 Å². The minimum atomic E-state index is -0.495. The summed E-state index contributed by atoms with van der Waals surface area (Å²) in [6.07, 6.45) is 2.06. The van der Waals surface area contributed by atoms with Gasteiger partial charge in [-0.2, -0.15) is 0 Å². The zero-order chi connectivity index (χ0) is 13.8. The Bertz CT molecular complexity index is 312. The van der Waals surface area contributed by atoms with Gasteiger partial charge in [0.15, 0.2) is 0 Å². The Morgan fingerprint density at radius 2 is 2.17 bits per heavy atom. The van der Waals surface area contributed by atoms with Crippen molar-refractivity contribution >= 4 is 6.09 Å². The van der Waals surface area contributed by atoms with Crippen molar-refractivity contribution in [2.75, 3.05) is 19.6 Å². The molecule has 1 fully saturated rings. The van der Waals surface area contributed by atoms with Gasteiger partial charge < -0.3 is 9.64 Å². The second-order valence-electron chi connectivity index (χ2n) is 5.78. The average Bonchev–Trinajstić information content (AvgIpc) is 2.24. The van der Waals surface area contributed by atoms with Gasteiger partial charge >= 0.3 is 6.09 Å². The summed E-state index contributed by atoms with van der Waals surface area (Å²) in [6.45, 7) is 6.73. The van der Waals surface area contributed by atoms with Gasteiger partial charge in [-0.25, -0.2) is 4.79 Å². The normalized spacial score (nSPS) is 20.6. The lowest BCUT2D eigenvalue weighted by molar-refractivity contribution is -0.481. The molecule has 0 radical (unpaired) electrons. The van der Waals surface area contributed by atoms with E-state index in [0.29, 0.717) is 19.5 Å².